The Morgan fingerprint density at radius 1 is 1.45 bits per heavy atom. The number of likely N-dealkylation sites (N-methyl/N-ethyl adjacent to an activating group) is 1. The molecule has 0 spiro atoms. The maximum absolute atomic E-state index is 6.45. The molecule has 2 atom stereocenters. The molecule has 0 radical (unpaired) electrons. The fourth-order valence-corrected chi connectivity index (χ4v) is 4.54. The summed E-state index contributed by atoms with van der Waals surface area (Å²) in [5, 5.41) is 2.16. The van der Waals surface area contributed by atoms with Gasteiger partial charge in [-0.15, -0.1) is 11.3 Å². The van der Waals surface area contributed by atoms with E-state index in [9.17, 15) is 0 Å². The molecule has 1 aliphatic heterocycles. The maximum atomic E-state index is 6.45. The standard InChI is InChI=1S/C15H26BrN3S/c1-5-12(17)14(13-8-11(16)9-20-13)19-7-6-18(4)15(2,3)10-19/h8-9,12,14H,5-7,10,17H2,1-4H3. The minimum Gasteiger partial charge on any atom is -0.326 e. The largest absolute Gasteiger partial charge is 0.326 e. The first-order chi connectivity index (χ1) is 9.35. The van der Waals surface area contributed by atoms with Gasteiger partial charge in [0.1, 0.15) is 0 Å². The topological polar surface area (TPSA) is 32.5 Å². The van der Waals surface area contributed by atoms with Crippen LogP contribution in [0.4, 0.5) is 0 Å². The SMILES string of the molecule is CCC(N)C(c1cc(Br)cs1)N1CCN(C)C(C)(C)C1. The second kappa shape index (κ2) is 6.44. The zero-order valence-corrected chi connectivity index (χ0v) is 15.3. The van der Waals surface area contributed by atoms with Gasteiger partial charge in [0.05, 0.1) is 6.04 Å². The molecule has 0 bridgehead atoms. The minimum atomic E-state index is 0.194. The van der Waals surface area contributed by atoms with E-state index in [1.165, 1.54) is 9.35 Å². The van der Waals surface area contributed by atoms with Crippen molar-refractivity contribution in [2.24, 2.45) is 5.73 Å². The van der Waals surface area contributed by atoms with Crippen molar-refractivity contribution in [3.63, 3.8) is 0 Å². The van der Waals surface area contributed by atoms with Crippen LogP contribution in [0.2, 0.25) is 0 Å². The Bertz CT molecular complexity index is 446. The number of nitrogens with zero attached hydrogens (tertiary/aromatic N) is 2. The Morgan fingerprint density at radius 3 is 2.65 bits per heavy atom. The van der Waals surface area contributed by atoms with Crippen molar-refractivity contribution in [1.29, 1.82) is 0 Å². The van der Waals surface area contributed by atoms with Gasteiger partial charge < -0.3 is 5.73 Å². The lowest BCUT2D eigenvalue weighted by Gasteiger charge is -2.48. The molecule has 2 unspecified atom stereocenters. The number of nitrogens with two attached hydrogens (primary N) is 1. The summed E-state index contributed by atoms with van der Waals surface area (Å²) in [7, 11) is 2.22. The highest BCUT2D eigenvalue weighted by Crippen LogP contribution is 2.35. The molecule has 2 heterocycles. The van der Waals surface area contributed by atoms with Crippen molar-refractivity contribution in [2.75, 3.05) is 26.7 Å². The second-order valence-corrected chi connectivity index (χ2v) is 8.25. The number of thiophene rings is 1. The summed E-state index contributed by atoms with van der Waals surface area (Å²) in [5.74, 6) is 0. The molecular formula is C15H26BrN3S. The molecule has 5 heteroatoms. The van der Waals surface area contributed by atoms with Crippen LogP contribution in [0, 0.1) is 0 Å². The second-order valence-electron chi connectivity index (χ2n) is 6.39. The summed E-state index contributed by atoms with van der Waals surface area (Å²) in [6.07, 6.45) is 1.01. The van der Waals surface area contributed by atoms with E-state index in [1.54, 1.807) is 0 Å². The third-order valence-electron chi connectivity index (χ3n) is 4.50. The lowest BCUT2D eigenvalue weighted by Crippen LogP contribution is -2.59. The number of halogens is 1. The molecule has 2 rings (SSSR count). The highest BCUT2D eigenvalue weighted by atomic mass is 79.9. The summed E-state index contributed by atoms with van der Waals surface area (Å²) in [5.41, 5.74) is 6.66. The van der Waals surface area contributed by atoms with Gasteiger partial charge in [-0.2, -0.15) is 0 Å². The van der Waals surface area contributed by atoms with Gasteiger partial charge in [0.15, 0.2) is 0 Å². The normalized spacial score (nSPS) is 23.7. The Labute approximate surface area is 135 Å². The van der Waals surface area contributed by atoms with Gasteiger partial charge >= 0.3 is 0 Å². The maximum Gasteiger partial charge on any atom is 0.0594 e. The predicted octanol–water partition coefficient (Wildman–Crippen LogP) is 3.32. The van der Waals surface area contributed by atoms with Crippen LogP contribution >= 0.6 is 27.3 Å². The zero-order chi connectivity index (χ0) is 14.9. The third kappa shape index (κ3) is 3.45. The average Bonchev–Trinajstić information content (AvgIpc) is 2.80. The predicted molar refractivity (Wildman–Crippen MR) is 91.3 cm³/mol. The molecule has 0 amide bonds. The minimum absolute atomic E-state index is 0.194. The summed E-state index contributed by atoms with van der Waals surface area (Å²) < 4.78 is 1.17. The Balaban J connectivity index is 2.24. The molecule has 1 fully saturated rings. The van der Waals surface area contributed by atoms with Crippen LogP contribution in [-0.4, -0.2) is 48.1 Å². The molecule has 1 aromatic heterocycles. The van der Waals surface area contributed by atoms with Crippen molar-refractivity contribution < 1.29 is 0 Å². The zero-order valence-electron chi connectivity index (χ0n) is 12.9. The van der Waals surface area contributed by atoms with Gasteiger partial charge in [-0.25, -0.2) is 0 Å². The fourth-order valence-electron chi connectivity index (χ4n) is 2.88. The van der Waals surface area contributed by atoms with Gasteiger partial charge in [0.25, 0.3) is 0 Å². The van der Waals surface area contributed by atoms with E-state index in [-0.39, 0.29) is 11.6 Å². The molecule has 0 aromatic carbocycles. The van der Waals surface area contributed by atoms with Crippen molar-refractivity contribution in [3.8, 4) is 0 Å². The lowest BCUT2D eigenvalue weighted by molar-refractivity contribution is 0.0104. The smallest absolute Gasteiger partial charge is 0.0594 e. The summed E-state index contributed by atoms with van der Waals surface area (Å²) >= 11 is 5.38. The summed E-state index contributed by atoms with van der Waals surface area (Å²) in [4.78, 5) is 6.40. The fraction of sp³-hybridized carbons (Fsp3) is 0.733. The number of hydrogen-bond acceptors (Lipinski definition) is 4. The van der Waals surface area contributed by atoms with E-state index in [4.69, 9.17) is 5.73 Å². The molecule has 1 aromatic rings. The van der Waals surface area contributed by atoms with Crippen LogP contribution in [0.3, 0.4) is 0 Å². The molecule has 20 heavy (non-hydrogen) atoms. The average molecular weight is 360 g/mol. The van der Waals surface area contributed by atoms with Crippen LogP contribution in [-0.2, 0) is 0 Å². The van der Waals surface area contributed by atoms with E-state index in [2.05, 4.69) is 65.0 Å². The van der Waals surface area contributed by atoms with Crippen LogP contribution in [0.15, 0.2) is 15.9 Å². The first kappa shape index (κ1) is 16.4. The lowest BCUT2D eigenvalue weighted by atomic mass is 9.95. The Kier molecular flexibility index (Phi) is 5.29. The highest BCUT2D eigenvalue weighted by Gasteiger charge is 2.36. The molecule has 3 nitrogen and oxygen atoms in total. The highest BCUT2D eigenvalue weighted by molar-refractivity contribution is 9.10. The summed E-state index contributed by atoms with van der Waals surface area (Å²) in [6, 6.07) is 2.76. The van der Waals surface area contributed by atoms with Crippen molar-refractivity contribution in [2.45, 2.75) is 44.8 Å². The van der Waals surface area contributed by atoms with E-state index in [0.29, 0.717) is 6.04 Å². The van der Waals surface area contributed by atoms with E-state index in [0.717, 1.165) is 26.1 Å². The molecule has 2 N–H and O–H groups in total. The molecule has 114 valence electrons. The molecule has 0 aliphatic carbocycles. The summed E-state index contributed by atoms with van der Waals surface area (Å²) in [6.45, 7) is 10.1. The monoisotopic (exact) mass is 359 g/mol. The third-order valence-corrected chi connectivity index (χ3v) is 6.26. The Morgan fingerprint density at radius 2 is 2.15 bits per heavy atom. The molecular weight excluding hydrogens is 334 g/mol. The quantitative estimate of drug-likeness (QED) is 0.894. The Hall–Kier alpha value is 0.0600. The van der Waals surface area contributed by atoms with Crippen molar-refractivity contribution in [3.05, 3.63) is 20.8 Å². The van der Waals surface area contributed by atoms with Crippen LogP contribution in [0.1, 0.15) is 38.1 Å². The van der Waals surface area contributed by atoms with Gasteiger partial charge in [-0.1, -0.05) is 6.92 Å². The van der Waals surface area contributed by atoms with E-state index >= 15 is 0 Å². The van der Waals surface area contributed by atoms with Gasteiger partial charge in [0.2, 0.25) is 0 Å². The molecule has 1 saturated heterocycles. The van der Waals surface area contributed by atoms with E-state index < -0.39 is 0 Å². The number of rotatable bonds is 4. The van der Waals surface area contributed by atoms with Gasteiger partial charge in [-0.3, -0.25) is 9.80 Å². The van der Waals surface area contributed by atoms with Gasteiger partial charge in [0, 0.05) is 45.9 Å². The van der Waals surface area contributed by atoms with Gasteiger partial charge in [-0.05, 0) is 49.3 Å². The van der Waals surface area contributed by atoms with Crippen molar-refractivity contribution >= 4 is 27.3 Å². The number of piperazine rings is 1. The van der Waals surface area contributed by atoms with Crippen molar-refractivity contribution in [1.82, 2.24) is 9.80 Å². The van der Waals surface area contributed by atoms with E-state index in [1.807, 2.05) is 11.3 Å². The molecule has 0 saturated carbocycles. The van der Waals surface area contributed by atoms with Crippen LogP contribution in [0.5, 0.6) is 0 Å². The molecule has 1 aliphatic rings. The van der Waals surface area contributed by atoms with Crippen LogP contribution in [0.25, 0.3) is 0 Å². The number of hydrogen-bond donors (Lipinski definition) is 1. The first-order valence-corrected chi connectivity index (χ1v) is 8.97. The van der Waals surface area contributed by atoms with Crippen LogP contribution < -0.4 is 5.73 Å². The first-order valence-electron chi connectivity index (χ1n) is 7.30.